The summed E-state index contributed by atoms with van der Waals surface area (Å²) < 4.78 is 10.7. The lowest BCUT2D eigenvalue weighted by atomic mass is 9.87. The van der Waals surface area contributed by atoms with Gasteiger partial charge < -0.3 is 20.1 Å². The van der Waals surface area contributed by atoms with Crippen LogP contribution in [0, 0.1) is 5.92 Å². The molecule has 136 valence electrons. The summed E-state index contributed by atoms with van der Waals surface area (Å²) in [5.41, 5.74) is 1.08. The molecule has 1 aliphatic rings. The Morgan fingerprint density at radius 2 is 1.88 bits per heavy atom. The highest BCUT2D eigenvalue weighted by Gasteiger charge is 2.19. The van der Waals surface area contributed by atoms with Crippen LogP contribution in [0.2, 0.25) is 0 Å². The fourth-order valence-electron chi connectivity index (χ4n) is 2.97. The van der Waals surface area contributed by atoms with Crippen LogP contribution in [0.25, 0.3) is 0 Å². The number of rotatable bonds is 5. The van der Waals surface area contributed by atoms with Crippen molar-refractivity contribution in [2.24, 2.45) is 10.9 Å². The van der Waals surface area contributed by atoms with Gasteiger partial charge in [0.2, 0.25) is 0 Å². The fraction of sp³-hybridized carbons (Fsp3) is 0.611. The van der Waals surface area contributed by atoms with Crippen LogP contribution in [0.4, 0.5) is 0 Å². The molecule has 0 atom stereocenters. The predicted octanol–water partition coefficient (Wildman–Crippen LogP) is 3.57. The number of nitrogens with zero attached hydrogens (tertiary/aromatic N) is 1. The number of guanidine groups is 1. The van der Waals surface area contributed by atoms with Crippen molar-refractivity contribution >= 4 is 29.9 Å². The van der Waals surface area contributed by atoms with Gasteiger partial charge in [0.15, 0.2) is 5.96 Å². The lowest BCUT2D eigenvalue weighted by Gasteiger charge is -2.28. The molecule has 0 unspecified atom stereocenters. The fourth-order valence-corrected chi connectivity index (χ4v) is 2.97. The molecule has 1 fully saturated rings. The van der Waals surface area contributed by atoms with E-state index in [-0.39, 0.29) is 24.0 Å². The molecular formula is C18H30IN3O2. The molecule has 0 aromatic heterocycles. The van der Waals surface area contributed by atoms with Crippen LogP contribution in [0.5, 0.6) is 11.5 Å². The minimum absolute atomic E-state index is 0. The van der Waals surface area contributed by atoms with Gasteiger partial charge in [0.25, 0.3) is 0 Å². The largest absolute Gasteiger partial charge is 0.497 e. The highest BCUT2D eigenvalue weighted by atomic mass is 127. The summed E-state index contributed by atoms with van der Waals surface area (Å²) in [7, 11) is 5.14. The predicted molar refractivity (Wildman–Crippen MR) is 110 cm³/mol. The molecule has 0 bridgehead atoms. The number of ether oxygens (including phenoxy) is 2. The molecule has 2 N–H and O–H groups in total. The van der Waals surface area contributed by atoms with Crippen LogP contribution in [-0.2, 0) is 6.54 Å². The topological polar surface area (TPSA) is 54.9 Å². The quantitative estimate of drug-likeness (QED) is 0.412. The van der Waals surface area contributed by atoms with Crippen molar-refractivity contribution < 1.29 is 9.47 Å². The van der Waals surface area contributed by atoms with Crippen molar-refractivity contribution in [3.05, 3.63) is 23.8 Å². The third-order valence-corrected chi connectivity index (χ3v) is 4.52. The number of methoxy groups -OCH3 is 2. The van der Waals surface area contributed by atoms with Gasteiger partial charge in [0, 0.05) is 31.3 Å². The van der Waals surface area contributed by atoms with E-state index in [1.165, 1.54) is 25.7 Å². The Morgan fingerprint density at radius 1 is 1.17 bits per heavy atom. The molecule has 0 aliphatic heterocycles. The van der Waals surface area contributed by atoms with Gasteiger partial charge in [-0.2, -0.15) is 0 Å². The first-order valence-corrected chi connectivity index (χ1v) is 8.34. The second-order valence-corrected chi connectivity index (χ2v) is 6.20. The molecule has 0 saturated heterocycles. The van der Waals surface area contributed by atoms with E-state index in [2.05, 4.69) is 22.5 Å². The molecule has 1 saturated carbocycles. The second kappa shape index (κ2) is 10.6. The molecule has 0 radical (unpaired) electrons. The Balaban J connectivity index is 0.00000288. The SMILES string of the molecule is CN=C(NCc1ccc(OC)cc1OC)NC1CCC(C)CC1.I. The maximum atomic E-state index is 5.44. The summed E-state index contributed by atoms with van der Waals surface area (Å²) in [6, 6.07) is 6.38. The van der Waals surface area contributed by atoms with Crippen molar-refractivity contribution in [3.8, 4) is 11.5 Å². The van der Waals surface area contributed by atoms with E-state index < -0.39 is 0 Å². The van der Waals surface area contributed by atoms with E-state index in [0.29, 0.717) is 12.6 Å². The van der Waals surface area contributed by atoms with E-state index in [9.17, 15) is 0 Å². The van der Waals surface area contributed by atoms with Crippen molar-refractivity contribution in [2.45, 2.75) is 45.2 Å². The van der Waals surface area contributed by atoms with Gasteiger partial charge in [-0.05, 0) is 43.7 Å². The molecule has 0 spiro atoms. The van der Waals surface area contributed by atoms with Gasteiger partial charge in [-0.25, -0.2) is 0 Å². The Hall–Kier alpha value is -1.18. The summed E-state index contributed by atoms with van der Waals surface area (Å²) >= 11 is 0. The van der Waals surface area contributed by atoms with Gasteiger partial charge in [0.1, 0.15) is 11.5 Å². The first-order chi connectivity index (χ1) is 11.2. The number of aliphatic imine (C=N–C) groups is 1. The van der Waals surface area contributed by atoms with Crippen LogP contribution in [0.3, 0.4) is 0 Å². The smallest absolute Gasteiger partial charge is 0.191 e. The molecular weight excluding hydrogens is 417 g/mol. The summed E-state index contributed by atoms with van der Waals surface area (Å²) in [6.45, 7) is 3.00. The standard InChI is InChI=1S/C18H29N3O2.HI/c1-13-5-8-15(9-6-13)21-18(19-2)20-12-14-7-10-16(22-3)11-17(14)23-4;/h7,10-11,13,15H,5-6,8-9,12H2,1-4H3,(H2,19,20,21);1H. The van der Waals surface area contributed by atoms with E-state index >= 15 is 0 Å². The first-order valence-electron chi connectivity index (χ1n) is 8.34. The van der Waals surface area contributed by atoms with E-state index in [4.69, 9.17) is 9.47 Å². The lowest BCUT2D eigenvalue weighted by Crippen LogP contribution is -2.44. The van der Waals surface area contributed by atoms with Crippen LogP contribution in [0.1, 0.15) is 38.2 Å². The average Bonchev–Trinajstić information content (AvgIpc) is 2.60. The summed E-state index contributed by atoms with van der Waals surface area (Å²) in [6.07, 6.45) is 5.02. The Morgan fingerprint density at radius 3 is 2.46 bits per heavy atom. The third-order valence-electron chi connectivity index (χ3n) is 4.52. The monoisotopic (exact) mass is 447 g/mol. The van der Waals surface area contributed by atoms with Crippen LogP contribution in [-0.4, -0.2) is 33.3 Å². The van der Waals surface area contributed by atoms with Gasteiger partial charge in [-0.3, -0.25) is 4.99 Å². The van der Waals surface area contributed by atoms with Crippen molar-refractivity contribution in [1.82, 2.24) is 10.6 Å². The number of halogens is 1. The van der Waals surface area contributed by atoms with E-state index in [1.54, 1.807) is 14.2 Å². The molecule has 5 nitrogen and oxygen atoms in total. The number of benzene rings is 1. The van der Waals surface area contributed by atoms with Crippen LogP contribution < -0.4 is 20.1 Å². The zero-order valence-electron chi connectivity index (χ0n) is 15.1. The van der Waals surface area contributed by atoms with Crippen LogP contribution >= 0.6 is 24.0 Å². The maximum absolute atomic E-state index is 5.44. The molecule has 1 aromatic rings. The number of nitrogens with one attached hydrogen (secondary N) is 2. The van der Waals surface area contributed by atoms with Crippen molar-refractivity contribution in [2.75, 3.05) is 21.3 Å². The first kappa shape index (κ1) is 20.9. The average molecular weight is 447 g/mol. The zero-order chi connectivity index (χ0) is 16.7. The van der Waals surface area contributed by atoms with Gasteiger partial charge >= 0.3 is 0 Å². The highest BCUT2D eigenvalue weighted by molar-refractivity contribution is 14.0. The molecule has 1 aromatic carbocycles. The second-order valence-electron chi connectivity index (χ2n) is 6.20. The Kier molecular flexibility index (Phi) is 9.25. The van der Waals surface area contributed by atoms with Gasteiger partial charge in [0.05, 0.1) is 14.2 Å². The van der Waals surface area contributed by atoms with E-state index in [1.807, 2.05) is 25.2 Å². The minimum atomic E-state index is 0. The molecule has 6 heteroatoms. The molecule has 0 amide bonds. The van der Waals surface area contributed by atoms with Crippen molar-refractivity contribution in [3.63, 3.8) is 0 Å². The maximum Gasteiger partial charge on any atom is 0.191 e. The summed E-state index contributed by atoms with van der Waals surface area (Å²) in [5.74, 6) is 3.32. The third kappa shape index (κ3) is 6.03. The highest BCUT2D eigenvalue weighted by Crippen LogP contribution is 2.25. The number of hydrogen-bond donors (Lipinski definition) is 2. The molecule has 2 rings (SSSR count). The van der Waals surface area contributed by atoms with Crippen molar-refractivity contribution in [1.29, 1.82) is 0 Å². The molecule has 24 heavy (non-hydrogen) atoms. The van der Waals surface area contributed by atoms with Crippen LogP contribution in [0.15, 0.2) is 23.2 Å². The Labute approximate surface area is 162 Å². The number of hydrogen-bond acceptors (Lipinski definition) is 3. The Bertz CT molecular complexity index is 529. The van der Waals surface area contributed by atoms with E-state index in [0.717, 1.165) is 28.9 Å². The minimum Gasteiger partial charge on any atom is -0.497 e. The molecule has 0 heterocycles. The lowest BCUT2D eigenvalue weighted by molar-refractivity contribution is 0.329. The van der Waals surface area contributed by atoms with Gasteiger partial charge in [-0.15, -0.1) is 24.0 Å². The zero-order valence-corrected chi connectivity index (χ0v) is 17.4. The summed E-state index contributed by atoms with van der Waals surface area (Å²) in [5, 5.41) is 6.90. The van der Waals surface area contributed by atoms with Gasteiger partial charge in [-0.1, -0.05) is 6.92 Å². The summed E-state index contributed by atoms with van der Waals surface area (Å²) in [4.78, 5) is 4.33. The molecule has 1 aliphatic carbocycles. The normalized spacial score (nSPS) is 20.8.